The molecule has 0 aromatic carbocycles. The van der Waals surface area contributed by atoms with Crippen molar-refractivity contribution in [3.8, 4) is 0 Å². The molecule has 0 saturated carbocycles. The molecule has 0 amide bonds. The molecule has 1 atom stereocenters. The summed E-state index contributed by atoms with van der Waals surface area (Å²) in [5.41, 5.74) is 0. The van der Waals surface area contributed by atoms with Crippen molar-refractivity contribution in [1.29, 1.82) is 0 Å². The summed E-state index contributed by atoms with van der Waals surface area (Å²) in [6.07, 6.45) is 4.26. The van der Waals surface area contributed by atoms with Crippen molar-refractivity contribution in [2.24, 2.45) is 25.9 Å². The molecular formula is C10H15N5. The van der Waals surface area contributed by atoms with Gasteiger partial charge in [0.2, 0.25) is 0 Å². The van der Waals surface area contributed by atoms with Crippen LogP contribution in [0.3, 0.4) is 0 Å². The number of nitrogens with zero attached hydrogens (tertiary/aromatic N) is 4. The number of aliphatic imine (C=N–C) groups is 4. The van der Waals surface area contributed by atoms with Crippen LogP contribution in [0.2, 0.25) is 0 Å². The van der Waals surface area contributed by atoms with E-state index >= 15 is 0 Å². The van der Waals surface area contributed by atoms with E-state index in [2.05, 4.69) is 39.1 Å². The highest BCUT2D eigenvalue weighted by Crippen LogP contribution is 2.08. The number of hydrogen-bond acceptors (Lipinski definition) is 4. The van der Waals surface area contributed by atoms with Crippen LogP contribution in [-0.2, 0) is 0 Å². The van der Waals surface area contributed by atoms with Gasteiger partial charge in [-0.25, -0.2) is 9.98 Å². The molecule has 5 heteroatoms. The summed E-state index contributed by atoms with van der Waals surface area (Å²) in [6.45, 7) is 5.18. The summed E-state index contributed by atoms with van der Waals surface area (Å²) in [5.74, 6) is 2.26. The van der Waals surface area contributed by atoms with E-state index < -0.39 is 0 Å². The summed E-state index contributed by atoms with van der Waals surface area (Å²) in [6, 6.07) is -0.0952. The largest absolute Gasteiger partial charge is 0.332 e. The quantitative estimate of drug-likeness (QED) is 0.730. The Labute approximate surface area is 89.1 Å². The molecular weight excluding hydrogens is 190 g/mol. The van der Waals surface area contributed by atoms with E-state index in [1.807, 2.05) is 0 Å². The second-order valence-electron chi connectivity index (χ2n) is 4.01. The van der Waals surface area contributed by atoms with Crippen LogP contribution in [0, 0.1) is 5.92 Å². The van der Waals surface area contributed by atoms with Crippen molar-refractivity contribution in [2.45, 2.75) is 26.3 Å². The van der Waals surface area contributed by atoms with E-state index in [1.54, 1.807) is 12.7 Å². The van der Waals surface area contributed by atoms with Gasteiger partial charge < -0.3 is 5.32 Å². The lowest BCUT2D eigenvalue weighted by Gasteiger charge is -2.15. The van der Waals surface area contributed by atoms with Gasteiger partial charge in [0, 0.05) is 6.54 Å². The molecule has 5 nitrogen and oxygen atoms in total. The fourth-order valence-electron chi connectivity index (χ4n) is 1.41. The monoisotopic (exact) mass is 205 g/mol. The van der Waals surface area contributed by atoms with Crippen LogP contribution >= 0.6 is 0 Å². The zero-order chi connectivity index (χ0) is 10.7. The Kier molecular flexibility index (Phi) is 2.89. The average Bonchev–Trinajstić information content (AvgIpc) is 2.65. The molecule has 2 aliphatic heterocycles. The average molecular weight is 205 g/mol. The van der Waals surface area contributed by atoms with Crippen molar-refractivity contribution < 1.29 is 0 Å². The molecule has 15 heavy (non-hydrogen) atoms. The molecule has 0 bridgehead atoms. The van der Waals surface area contributed by atoms with Crippen LogP contribution in [0.1, 0.15) is 20.3 Å². The number of hydrogen-bond donors (Lipinski definition) is 1. The molecule has 0 aromatic rings. The van der Waals surface area contributed by atoms with Gasteiger partial charge in [-0.1, -0.05) is 13.8 Å². The number of amidine groups is 2. The minimum atomic E-state index is -0.0952. The van der Waals surface area contributed by atoms with Gasteiger partial charge in [0.15, 0.2) is 11.9 Å². The zero-order valence-corrected chi connectivity index (χ0v) is 9.01. The van der Waals surface area contributed by atoms with Crippen LogP contribution < -0.4 is 5.32 Å². The molecule has 0 aliphatic carbocycles. The van der Waals surface area contributed by atoms with Gasteiger partial charge >= 0.3 is 0 Å². The van der Waals surface area contributed by atoms with Crippen molar-refractivity contribution in [1.82, 2.24) is 5.32 Å². The molecule has 0 spiro atoms. The van der Waals surface area contributed by atoms with Gasteiger partial charge in [0.1, 0.15) is 12.2 Å². The zero-order valence-electron chi connectivity index (χ0n) is 9.01. The highest BCUT2D eigenvalue weighted by molar-refractivity contribution is 6.21. The third kappa shape index (κ3) is 2.29. The van der Waals surface area contributed by atoms with E-state index in [0.717, 1.165) is 24.6 Å². The van der Waals surface area contributed by atoms with E-state index in [9.17, 15) is 0 Å². The van der Waals surface area contributed by atoms with Crippen LogP contribution in [0.25, 0.3) is 0 Å². The second-order valence-corrected chi connectivity index (χ2v) is 4.01. The van der Waals surface area contributed by atoms with E-state index in [0.29, 0.717) is 5.92 Å². The van der Waals surface area contributed by atoms with Gasteiger partial charge in [0.25, 0.3) is 0 Å². The number of rotatable bonds is 3. The first-order valence-corrected chi connectivity index (χ1v) is 5.20. The second kappa shape index (κ2) is 4.33. The molecule has 0 saturated heterocycles. The van der Waals surface area contributed by atoms with Gasteiger partial charge in [-0.05, 0) is 12.3 Å². The first-order valence-electron chi connectivity index (χ1n) is 5.20. The SMILES string of the molecule is CC(C)CCN=C1N=CNC2=NC=NC12. The predicted octanol–water partition coefficient (Wildman–Crippen LogP) is 0.871. The van der Waals surface area contributed by atoms with E-state index in [4.69, 9.17) is 0 Å². The van der Waals surface area contributed by atoms with Gasteiger partial charge in [0.05, 0.1) is 6.34 Å². The van der Waals surface area contributed by atoms with Gasteiger partial charge in [-0.3, -0.25) is 9.98 Å². The molecule has 0 radical (unpaired) electrons. The summed E-state index contributed by atoms with van der Waals surface area (Å²) in [4.78, 5) is 16.9. The Bertz CT molecular complexity index is 351. The molecule has 2 aliphatic rings. The summed E-state index contributed by atoms with van der Waals surface area (Å²) in [5, 5.41) is 2.96. The fraction of sp³-hybridized carbons (Fsp3) is 0.600. The third-order valence-corrected chi connectivity index (χ3v) is 2.31. The first kappa shape index (κ1) is 10.0. The van der Waals surface area contributed by atoms with E-state index in [1.165, 1.54) is 0 Å². The lowest BCUT2D eigenvalue weighted by Crippen LogP contribution is -2.40. The lowest BCUT2D eigenvalue weighted by molar-refractivity contribution is 0.596. The Morgan fingerprint density at radius 1 is 1.53 bits per heavy atom. The van der Waals surface area contributed by atoms with Gasteiger partial charge in [-0.2, -0.15) is 0 Å². The molecule has 2 rings (SSSR count). The van der Waals surface area contributed by atoms with Crippen molar-refractivity contribution in [2.75, 3.05) is 6.54 Å². The molecule has 80 valence electrons. The molecule has 0 aromatic heterocycles. The Morgan fingerprint density at radius 3 is 3.20 bits per heavy atom. The van der Waals surface area contributed by atoms with Gasteiger partial charge in [-0.15, -0.1) is 0 Å². The Balaban J connectivity index is 2.02. The third-order valence-electron chi connectivity index (χ3n) is 2.31. The standard InChI is InChI=1S/C10H15N5/c1-7(2)3-4-11-9-8-10(13-5-12-8)15-6-14-9/h5-8H,3-4H2,1-2H3,(H,11,12,13,14,15). The van der Waals surface area contributed by atoms with Crippen LogP contribution in [0.5, 0.6) is 0 Å². The maximum absolute atomic E-state index is 4.45. The normalized spacial score (nSPS) is 25.7. The first-order chi connectivity index (χ1) is 7.27. The predicted molar refractivity (Wildman–Crippen MR) is 63.1 cm³/mol. The van der Waals surface area contributed by atoms with Crippen molar-refractivity contribution in [3.63, 3.8) is 0 Å². The summed E-state index contributed by atoms with van der Waals surface area (Å²) in [7, 11) is 0. The Morgan fingerprint density at radius 2 is 2.40 bits per heavy atom. The highest BCUT2D eigenvalue weighted by Gasteiger charge is 2.25. The maximum atomic E-state index is 4.45. The molecule has 2 heterocycles. The molecule has 1 N–H and O–H groups in total. The molecule has 0 fully saturated rings. The smallest absolute Gasteiger partial charge is 0.168 e. The fourth-order valence-corrected chi connectivity index (χ4v) is 1.41. The molecule has 1 unspecified atom stereocenters. The van der Waals surface area contributed by atoms with Crippen LogP contribution in [0.4, 0.5) is 0 Å². The summed E-state index contributed by atoms with van der Waals surface area (Å²) >= 11 is 0. The number of fused-ring (bicyclic) bond motifs is 1. The number of nitrogens with one attached hydrogen (secondary N) is 1. The summed E-state index contributed by atoms with van der Waals surface area (Å²) < 4.78 is 0. The topological polar surface area (TPSA) is 61.5 Å². The van der Waals surface area contributed by atoms with Crippen LogP contribution in [-0.4, -0.2) is 36.9 Å². The van der Waals surface area contributed by atoms with E-state index in [-0.39, 0.29) is 6.04 Å². The van der Waals surface area contributed by atoms with Crippen molar-refractivity contribution >= 4 is 24.3 Å². The Hall–Kier alpha value is -1.52. The van der Waals surface area contributed by atoms with Crippen LogP contribution in [0.15, 0.2) is 20.0 Å². The van der Waals surface area contributed by atoms with Crippen molar-refractivity contribution in [3.05, 3.63) is 0 Å². The minimum absolute atomic E-state index is 0.0952. The lowest BCUT2D eigenvalue weighted by atomic mass is 10.1. The minimum Gasteiger partial charge on any atom is -0.332 e. The highest BCUT2D eigenvalue weighted by atomic mass is 15.2. The maximum Gasteiger partial charge on any atom is 0.168 e.